The van der Waals surface area contributed by atoms with Crippen molar-refractivity contribution in [3.05, 3.63) is 200 Å². The van der Waals surface area contributed by atoms with E-state index in [1.165, 1.54) is 44.0 Å². The second-order valence-electron chi connectivity index (χ2n) is 13.7. The van der Waals surface area contributed by atoms with E-state index in [0.717, 1.165) is 38.4 Å². The quantitative estimate of drug-likeness (QED) is 0.175. The van der Waals surface area contributed by atoms with Crippen LogP contribution in [0.3, 0.4) is 0 Å². The van der Waals surface area contributed by atoms with Gasteiger partial charge >= 0.3 is 0 Å². The third-order valence-electron chi connectivity index (χ3n) is 10.3. The van der Waals surface area contributed by atoms with Crippen LogP contribution in [-0.2, 0) is 0 Å². The highest BCUT2D eigenvalue weighted by atomic mass is 15.0. The monoisotopic (exact) mass is 687 g/mol. The Kier molecular flexibility index (Phi) is 7.81. The molecule has 3 heteroatoms. The summed E-state index contributed by atoms with van der Waals surface area (Å²) < 4.78 is 0. The van der Waals surface area contributed by atoms with Crippen LogP contribution in [0.5, 0.6) is 0 Å². The fourth-order valence-corrected chi connectivity index (χ4v) is 7.52. The Morgan fingerprint density at radius 1 is 0.222 bits per heavy atom. The van der Waals surface area contributed by atoms with Gasteiger partial charge in [0.05, 0.1) is 0 Å². The molecule has 0 unspecified atom stereocenters. The molecule has 0 aliphatic heterocycles. The van der Waals surface area contributed by atoms with Crippen molar-refractivity contribution < 1.29 is 0 Å². The van der Waals surface area contributed by atoms with Crippen molar-refractivity contribution in [3.8, 4) is 67.5 Å². The lowest BCUT2D eigenvalue weighted by molar-refractivity contribution is 1.08. The summed E-state index contributed by atoms with van der Waals surface area (Å²) in [4.78, 5) is 15.4. The first-order valence-electron chi connectivity index (χ1n) is 18.3. The van der Waals surface area contributed by atoms with Crippen molar-refractivity contribution >= 4 is 32.3 Å². The molecule has 0 aliphatic carbocycles. The molecule has 0 amide bonds. The van der Waals surface area contributed by atoms with Gasteiger partial charge in [-0.05, 0) is 83.9 Å². The largest absolute Gasteiger partial charge is 0.208 e. The Morgan fingerprint density at radius 2 is 0.685 bits per heavy atom. The minimum atomic E-state index is 0.638. The van der Waals surface area contributed by atoms with Gasteiger partial charge in [0.1, 0.15) is 0 Å². The zero-order valence-corrected chi connectivity index (χ0v) is 29.4. The van der Waals surface area contributed by atoms with Crippen LogP contribution < -0.4 is 0 Å². The summed E-state index contributed by atoms with van der Waals surface area (Å²) in [6.45, 7) is 0. The zero-order valence-electron chi connectivity index (χ0n) is 29.4. The number of hydrogen-bond acceptors (Lipinski definition) is 3. The summed E-state index contributed by atoms with van der Waals surface area (Å²) in [6, 6.07) is 70.7. The molecule has 0 saturated carbocycles. The number of hydrogen-bond donors (Lipinski definition) is 0. The maximum Gasteiger partial charge on any atom is 0.164 e. The second kappa shape index (κ2) is 13.4. The van der Waals surface area contributed by atoms with Gasteiger partial charge in [0.15, 0.2) is 17.5 Å². The molecule has 0 aliphatic rings. The highest BCUT2D eigenvalue weighted by Gasteiger charge is 2.16. The van der Waals surface area contributed by atoms with Crippen LogP contribution in [-0.4, -0.2) is 15.0 Å². The molecule has 0 N–H and O–H groups in total. The smallest absolute Gasteiger partial charge is 0.164 e. The molecular weight excluding hydrogens is 655 g/mol. The number of aromatic nitrogens is 3. The maximum absolute atomic E-state index is 5.18. The molecule has 54 heavy (non-hydrogen) atoms. The second-order valence-corrected chi connectivity index (χ2v) is 13.7. The zero-order chi connectivity index (χ0) is 35.8. The fraction of sp³-hybridized carbons (Fsp3) is 0. The molecule has 0 radical (unpaired) electrons. The lowest BCUT2D eigenvalue weighted by Gasteiger charge is -2.12. The molecule has 3 nitrogen and oxygen atoms in total. The van der Waals surface area contributed by atoms with E-state index in [4.69, 9.17) is 15.0 Å². The lowest BCUT2D eigenvalue weighted by Crippen LogP contribution is -2.00. The Balaban J connectivity index is 1.09. The van der Waals surface area contributed by atoms with Gasteiger partial charge in [-0.15, -0.1) is 0 Å². The van der Waals surface area contributed by atoms with Crippen molar-refractivity contribution in [1.29, 1.82) is 0 Å². The van der Waals surface area contributed by atoms with E-state index in [0.29, 0.717) is 17.5 Å². The minimum absolute atomic E-state index is 0.638. The number of benzene rings is 9. The molecule has 0 saturated heterocycles. The topological polar surface area (TPSA) is 38.7 Å². The lowest BCUT2D eigenvalue weighted by atomic mass is 9.95. The number of fused-ring (bicyclic) bond motifs is 3. The van der Waals surface area contributed by atoms with E-state index in [9.17, 15) is 0 Å². The standard InChI is InChI=1S/C51H33N3/c1-3-11-34(12-4-1)36-21-23-38(24-22-36)49-52-50(54-51(53-49)48-20-10-17-42-31-39(29-30-47(42)48)35-13-5-2-6-14-35)44-28-26-40-32-43(27-25-41(40)33-44)46-19-9-16-37-15-7-8-18-45(37)46/h1-33H. The molecule has 9 aromatic carbocycles. The van der Waals surface area contributed by atoms with Crippen LogP contribution in [0.4, 0.5) is 0 Å². The average molecular weight is 688 g/mol. The number of nitrogens with zero attached hydrogens (tertiary/aromatic N) is 3. The molecule has 0 spiro atoms. The van der Waals surface area contributed by atoms with Crippen molar-refractivity contribution in [2.24, 2.45) is 0 Å². The predicted octanol–water partition coefficient (Wildman–Crippen LogP) is 13.3. The third kappa shape index (κ3) is 5.88. The van der Waals surface area contributed by atoms with Gasteiger partial charge in [0.2, 0.25) is 0 Å². The Morgan fingerprint density at radius 3 is 1.44 bits per heavy atom. The fourth-order valence-electron chi connectivity index (χ4n) is 7.52. The van der Waals surface area contributed by atoms with E-state index >= 15 is 0 Å². The molecule has 0 atom stereocenters. The summed E-state index contributed by atoms with van der Waals surface area (Å²) in [5.41, 5.74) is 9.96. The first-order valence-corrected chi connectivity index (χ1v) is 18.3. The van der Waals surface area contributed by atoms with Crippen LogP contribution >= 0.6 is 0 Å². The summed E-state index contributed by atoms with van der Waals surface area (Å²) in [5.74, 6) is 1.92. The van der Waals surface area contributed by atoms with Gasteiger partial charge in [-0.25, -0.2) is 15.0 Å². The molecule has 0 bridgehead atoms. The molecule has 10 aromatic rings. The van der Waals surface area contributed by atoms with Crippen LogP contribution in [0.1, 0.15) is 0 Å². The van der Waals surface area contributed by atoms with Gasteiger partial charge < -0.3 is 0 Å². The van der Waals surface area contributed by atoms with Gasteiger partial charge in [-0.2, -0.15) is 0 Å². The highest BCUT2D eigenvalue weighted by Crippen LogP contribution is 2.35. The Bertz CT molecular complexity index is 2970. The van der Waals surface area contributed by atoms with Crippen molar-refractivity contribution in [1.82, 2.24) is 15.0 Å². The van der Waals surface area contributed by atoms with Crippen molar-refractivity contribution in [3.63, 3.8) is 0 Å². The number of rotatable bonds is 6. The van der Waals surface area contributed by atoms with Gasteiger partial charge in [-0.1, -0.05) is 182 Å². The van der Waals surface area contributed by atoms with Gasteiger partial charge in [0, 0.05) is 16.7 Å². The van der Waals surface area contributed by atoms with Crippen molar-refractivity contribution in [2.75, 3.05) is 0 Å². The average Bonchev–Trinajstić information content (AvgIpc) is 3.26. The van der Waals surface area contributed by atoms with E-state index < -0.39 is 0 Å². The van der Waals surface area contributed by atoms with Crippen molar-refractivity contribution in [2.45, 2.75) is 0 Å². The van der Waals surface area contributed by atoms with E-state index in [2.05, 4.69) is 188 Å². The molecule has 252 valence electrons. The summed E-state index contributed by atoms with van der Waals surface area (Å²) in [7, 11) is 0. The molecular formula is C51H33N3. The highest BCUT2D eigenvalue weighted by molar-refractivity contribution is 6.00. The normalized spacial score (nSPS) is 11.3. The molecule has 1 aromatic heterocycles. The van der Waals surface area contributed by atoms with E-state index in [1.807, 2.05) is 12.1 Å². The first kappa shape index (κ1) is 31.5. The SMILES string of the molecule is c1ccc(-c2ccc(-c3nc(-c4ccc5cc(-c6cccc7ccccc67)ccc5c4)nc(-c4cccc5cc(-c6ccccc6)ccc45)n3)cc2)cc1. The molecule has 0 fully saturated rings. The maximum atomic E-state index is 5.18. The van der Waals surface area contributed by atoms with E-state index in [-0.39, 0.29) is 0 Å². The summed E-state index contributed by atoms with van der Waals surface area (Å²) >= 11 is 0. The Hall–Kier alpha value is -7.23. The van der Waals surface area contributed by atoms with Crippen LogP contribution in [0.15, 0.2) is 200 Å². The van der Waals surface area contributed by atoms with Crippen LogP contribution in [0.25, 0.3) is 99.9 Å². The predicted molar refractivity (Wildman–Crippen MR) is 225 cm³/mol. The summed E-state index contributed by atoms with van der Waals surface area (Å²) in [5, 5.41) is 7.02. The van der Waals surface area contributed by atoms with Gasteiger partial charge in [0.25, 0.3) is 0 Å². The first-order chi connectivity index (χ1) is 26.7. The van der Waals surface area contributed by atoms with Crippen LogP contribution in [0, 0.1) is 0 Å². The third-order valence-corrected chi connectivity index (χ3v) is 10.3. The molecule has 1 heterocycles. The summed E-state index contributed by atoms with van der Waals surface area (Å²) in [6.07, 6.45) is 0. The Labute approximate surface area is 313 Å². The molecule has 10 rings (SSSR count). The van der Waals surface area contributed by atoms with Gasteiger partial charge in [-0.3, -0.25) is 0 Å². The minimum Gasteiger partial charge on any atom is -0.208 e. The van der Waals surface area contributed by atoms with E-state index in [1.54, 1.807) is 0 Å². The van der Waals surface area contributed by atoms with Crippen LogP contribution in [0.2, 0.25) is 0 Å².